The van der Waals surface area contributed by atoms with Crippen molar-refractivity contribution in [3.63, 3.8) is 0 Å². The Morgan fingerprint density at radius 1 is 1.30 bits per heavy atom. The van der Waals surface area contributed by atoms with Crippen LogP contribution in [-0.2, 0) is 6.54 Å². The van der Waals surface area contributed by atoms with E-state index in [9.17, 15) is 0 Å². The lowest BCUT2D eigenvalue weighted by Gasteiger charge is -2.29. The van der Waals surface area contributed by atoms with Crippen LogP contribution in [0.1, 0.15) is 33.4 Å². The van der Waals surface area contributed by atoms with E-state index >= 15 is 0 Å². The maximum absolute atomic E-state index is 4.64. The van der Waals surface area contributed by atoms with Gasteiger partial charge in [-0.2, -0.15) is 0 Å². The van der Waals surface area contributed by atoms with E-state index in [4.69, 9.17) is 0 Å². The first-order chi connectivity index (χ1) is 9.49. The molecule has 0 radical (unpaired) electrons. The highest BCUT2D eigenvalue weighted by Crippen LogP contribution is 2.25. The first-order valence-corrected chi connectivity index (χ1v) is 7.93. The third-order valence-electron chi connectivity index (χ3n) is 3.89. The van der Waals surface area contributed by atoms with Gasteiger partial charge in [-0.05, 0) is 23.5 Å². The molecule has 0 amide bonds. The Morgan fingerprint density at radius 2 is 2.10 bits per heavy atom. The molecule has 4 heteroatoms. The molecule has 2 heterocycles. The van der Waals surface area contributed by atoms with E-state index in [2.05, 4.69) is 48.4 Å². The second-order valence-electron chi connectivity index (χ2n) is 6.11. The summed E-state index contributed by atoms with van der Waals surface area (Å²) < 4.78 is 0. The second kappa shape index (κ2) is 6.46. The molecule has 0 atom stereocenters. The van der Waals surface area contributed by atoms with Crippen molar-refractivity contribution in [3.05, 3.63) is 35.5 Å². The Morgan fingerprint density at radius 3 is 2.75 bits per heavy atom. The molecule has 0 aliphatic carbocycles. The van der Waals surface area contributed by atoms with E-state index in [1.165, 1.54) is 0 Å². The zero-order valence-electron chi connectivity index (χ0n) is 12.7. The Labute approximate surface area is 125 Å². The summed E-state index contributed by atoms with van der Waals surface area (Å²) in [5, 5.41) is 6.61. The van der Waals surface area contributed by atoms with Crippen LogP contribution in [0.25, 0.3) is 10.7 Å². The van der Waals surface area contributed by atoms with Crippen molar-refractivity contribution < 1.29 is 0 Å². The third-order valence-corrected chi connectivity index (χ3v) is 4.80. The number of rotatable bonds is 6. The highest BCUT2D eigenvalue weighted by atomic mass is 32.1. The molecule has 1 N–H and O–H groups in total. The van der Waals surface area contributed by atoms with Gasteiger partial charge in [0.25, 0.3) is 0 Å². The van der Waals surface area contributed by atoms with Gasteiger partial charge < -0.3 is 5.32 Å². The normalized spacial score (nSPS) is 12.1. The number of hydrogen-bond acceptors (Lipinski definition) is 4. The minimum absolute atomic E-state index is 0.305. The van der Waals surface area contributed by atoms with Crippen molar-refractivity contribution in [2.45, 2.75) is 34.2 Å². The Balaban J connectivity index is 1.91. The SMILES string of the molecule is CC(C)C(C)(C)CNCc1csc(-c2ccccn2)n1. The molecule has 2 rings (SSSR count). The maximum Gasteiger partial charge on any atom is 0.142 e. The molecular formula is C16H23N3S. The summed E-state index contributed by atoms with van der Waals surface area (Å²) in [7, 11) is 0. The fourth-order valence-corrected chi connectivity index (χ4v) is 2.51. The predicted molar refractivity (Wildman–Crippen MR) is 85.7 cm³/mol. The fourth-order valence-electron chi connectivity index (χ4n) is 1.71. The molecule has 0 aliphatic rings. The molecule has 0 spiro atoms. The summed E-state index contributed by atoms with van der Waals surface area (Å²) >= 11 is 1.65. The van der Waals surface area contributed by atoms with E-state index in [1.54, 1.807) is 17.5 Å². The molecular weight excluding hydrogens is 266 g/mol. The predicted octanol–water partition coefficient (Wildman–Crippen LogP) is 3.98. The van der Waals surface area contributed by atoms with Crippen LogP contribution in [-0.4, -0.2) is 16.5 Å². The Bertz CT molecular complexity index is 532. The summed E-state index contributed by atoms with van der Waals surface area (Å²) in [5.74, 6) is 0.662. The molecule has 0 fully saturated rings. The molecule has 0 saturated heterocycles. The van der Waals surface area contributed by atoms with Crippen molar-refractivity contribution in [3.8, 4) is 10.7 Å². The van der Waals surface area contributed by atoms with Crippen molar-refractivity contribution in [1.29, 1.82) is 0 Å². The average Bonchev–Trinajstić information content (AvgIpc) is 2.88. The molecule has 3 nitrogen and oxygen atoms in total. The molecule has 0 bridgehead atoms. The number of nitrogens with zero attached hydrogens (tertiary/aromatic N) is 2. The summed E-state index contributed by atoms with van der Waals surface area (Å²) in [5.41, 5.74) is 2.35. The highest BCUT2D eigenvalue weighted by Gasteiger charge is 2.21. The molecule has 0 saturated carbocycles. The lowest BCUT2D eigenvalue weighted by Crippen LogP contribution is -2.33. The zero-order valence-corrected chi connectivity index (χ0v) is 13.5. The van der Waals surface area contributed by atoms with Crippen LogP contribution in [0.2, 0.25) is 0 Å². The van der Waals surface area contributed by atoms with Gasteiger partial charge in [0.15, 0.2) is 0 Å². The maximum atomic E-state index is 4.64. The number of hydrogen-bond donors (Lipinski definition) is 1. The minimum atomic E-state index is 0.305. The largest absolute Gasteiger partial charge is 0.311 e. The summed E-state index contributed by atoms with van der Waals surface area (Å²) in [6.07, 6.45) is 1.81. The van der Waals surface area contributed by atoms with E-state index in [0.29, 0.717) is 11.3 Å². The standard InChI is InChI=1S/C16H23N3S/c1-12(2)16(3,4)11-17-9-13-10-20-15(19-13)14-7-5-6-8-18-14/h5-8,10,12,17H,9,11H2,1-4H3. The van der Waals surface area contributed by atoms with Gasteiger partial charge in [0.05, 0.1) is 11.4 Å². The van der Waals surface area contributed by atoms with Crippen LogP contribution >= 0.6 is 11.3 Å². The molecule has 0 unspecified atom stereocenters. The summed E-state index contributed by atoms with van der Waals surface area (Å²) in [4.78, 5) is 8.97. The molecule has 20 heavy (non-hydrogen) atoms. The summed E-state index contributed by atoms with van der Waals surface area (Å²) in [6.45, 7) is 10.9. The molecule has 2 aromatic heterocycles. The van der Waals surface area contributed by atoms with Gasteiger partial charge in [-0.15, -0.1) is 11.3 Å². The number of nitrogens with one attached hydrogen (secondary N) is 1. The Kier molecular flexibility index (Phi) is 4.89. The fraction of sp³-hybridized carbons (Fsp3) is 0.500. The lowest BCUT2D eigenvalue weighted by molar-refractivity contribution is 0.237. The van der Waals surface area contributed by atoms with Gasteiger partial charge in [-0.1, -0.05) is 33.8 Å². The third kappa shape index (κ3) is 3.87. The first-order valence-electron chi connectivity index (χ1n) is 7.05. The minimum Gasteiger partial charge on any atom is -0.311 e. The highest BCUT2D eigenvalue weighted by molar-refractivity contribution is 7.13. The van der Waals surface area contributed by atoms with Gasteiger partial charge in [0.2, 0.25) is 0 Å². The van der Waals surface area contributed by atoms with E-state index < -0.39 is 0 Å². The monoisotopic (exact) mass is 289 g/mol. The smallest absolute Gasteiger partial charge is 0.142 e. The number of pyridine rings is 1. The van der Waals surface area contributed by atoms with Gasteiger partial charge in [-0.25, -0.2) is 4.98 Å². The van der Waals surface area contributed by atoms with Gasteiger partial charge in [0.1, 0.15) is 5.01 Å². The van der Waals surface area contributed by atoms with E-state index in [0.717, 1.165) is 29.5 Å². The van der Waals surface area contributed by atoms with Crippen LogP contribution < -0.4 is 5.32 Å². The number of aromatic nitrogens is 2. The second-order valence-corrected chi connectivity index (χ2v) is 6.96. The van der Waals surface area contributed by atoms with E-state index in [1.807, 2.05) is 18.2 Å². The van der Waals surface area contributed by atoms with Crippen molar-refractivity contribution in [2.24, 2.45) is 11.3 Å². The van der Waals surface area contributed by atoms with Gasteiger partial charge in [0, 0.05) is 24.7 Å². The van der Waals surface area contributed by atoms with Crippen LogP contribution in [0.15, 0.2) is 29.8 Å². The van der Waals surface area contributed by atoms with Crippen LogP contribution in [0, 0.1) is 11.3 Å². The lowest BCUT2D eigenvalue weighted by atomic mass is 9.81. The molecule has 108 valence electrons. The topological polar surface area (TPSA) is 37.8 Å². The summed E-state index contributed by atoms with van der Waals surface area (Å²) in [6, 6.07) is 5.91. The van der Waals surface area contributed by atoms with Gasteiger partial charge in [-0.3, -0.25) is 4.98 Å². The quantitative estimate of drug-likeness (QED) is 0.874. The molecule has 2 aromatic rings. The van der Waals surface area contributed by atoms with Crippen LogP contribution in [0.3, 0.4) is 0 Å². The molecule has 0 aliphatic heterocycles. The zero-order chi connectivity index (χ0) is 14.6. The van der Waals surface area contributed by atoms with Crippen molar-refractivity contribution >= 4 is 11.3 Å². The van der Waals surface area contributed by atoms with Crippen molar-refractivity contribution in [2.75, 3.05) is 6.54 Å². The van der Waals surface area contributed by atoms with Gasteiger partial charge >= 0.3 is 0 Å². The van der Waals surface area contributed by atoms with E-state index in [-0.39, 0.29) is 0 Å². The van der Waals surface area contributed by atoms with Crippen LogP contribution in [0.5, 0.6) is 0 Å². The average molecular weight is 289 g/mol. The van der Waals surface area contributed by atoms with Crippen LogP contribution in [0.4, 0.5) is 0 Å². The van der Waals surface area contributed by atoms with Crippen molar-refractivity contribution in [1.82, 2.24) is 15.3 Å². The first kappa shape index (κ1) is 15.1. The molecule has 0 aromatic carbocycles. The number of thiazole rings is 1. The Hall–Kier alpha value is -1.26.